The maximum Gasteiger partial charge on any atom is 0.0804 e. The molecule has 1 fully saturated rings. The van der Waals surface area contributed by atoms with E-state index in [4.69, 9.17) is 4.74 Å². The van der Waals surface area contributed by atoms with E-state index in [1.807, 2.05) is 30.3 Å². The van der Waals surface area contributed by atoms with E-state index in [9.17, 15) is 5.11 Å². The second-order valence-electron chi connectivity index (χ2n) is 5.63. The van der Waals surface area contributed by atoms with Crippen molar-refractivity contribution in [3.8, 4) is 0 Å². The Morgan fingerprint density at radius 2 is 2.00 bits per heavy atom. The summed E-state index contributed by atoms with van der Waals surface area (Å²) >= 11 is 0. The molecule has 1 aliphatic rings. The monoisotopic (exact) mass is 263 g/mol. The third-order valence-electron chi connectivity index (χ3n) is 3.80. The molecule has 3 unspecified atom stereocenters. The van der Waals surface area contributed by atoms with E-state index in [0.29, 0.717) is 6.04 Å². The van der Waals surface area contributed by atoms with Crippen LogP contribution >= 0.6 is 0 Å². The molecule has 3 atom stereocenters. The van der Waals surface area contributed by atoms with Crippen LogP contribution in [0.25, 0.3) is 0 Å². The number of benzene rings is 1. The van der Waals surface area contributed by atoms with Gasteiger partial charge in [0, 0.05) is 19.2 Å². The van der Waals surface area contributed by atoms with Crippen molar-refractivity contribution >= 4 is 0 Å². The molecule has 1 aliphatic carbocycles. The smallest absolute Gasteiger partial charge is 0.0804 e. The van der Waals surface area contributed by atoms with Crippen LogP contribution in [-0.2, 0) is 4.74 Å². The van der Waals surface area contributed by atoms with Crippen LogP contribution in [0.4, 0.5) is 0 Å². The van der Waals surface area contributed by atoms with Crippen LogP contribution in [0.15, 0.2) is 30.3 Å². The highest BCUT2D eigenvalue weighted by atomic mass is 16.5. The van der Waals surface area contributed by atoms with Crippen molar-refractivity contribution in [1.82, 2.24) is 5.32 Å². The van der Waals surface area contributed by atoms with Crippen LogP contribution in [0.2, 0.25) is 0 Å². The van der Waals surface area contributed by atoms with Crippen molar-refractivity contribution in [3.05, 3.63) is 35.9 Å². The average molecular weight is 263 g/mol. The summed E-state index contributed by atoms with van der Waals surface area (Å²) in [6.07, 6.45) is 2.94. The molecule has 0 radical (unpaired) electrons. The first kappa shape index (κ1) is 14.5. The largest absolute Gasteiger partial charge is 0.388 e. The fourth-order valence-electron chi connectivity index (χ4n) is 2.58. The number of rotatable bonds is 8. The van der Waals surface area contributed by atoms with Gasteiger partial charge in [-0.3, -0.25) is 0 Å². The third-order valence-corrected chi connectivity index (χ3v) is 3.80. The quantitative estimate of drug-likeness (QED) is 0.757. The highest BCUT2D eigenvalue weighted by molar-refractivity contribution is 5.17. The maximum absolute atomic E-state index is 10.2. The second-order valence-corrected chi connectivity index (χ2v) is 5.63. The summed E-state index contributed by atoms with van der Waals surface area (Å²) in [5.41, 5.74) is 0.992. The number of aliphatic hydroxyl groups is 1. The van der Waals surface area contributed by atoms with Crippen molar-refractivity contribution in [2.75, 3.05) is 13.7 Å². The number of aliphatic hydroxyl groups excluding tert-OH is 1. The van der Waals surface area contributed by atoms with Crippen molar-refractivity contribution in [2.45, 2.75) is 44.4 Å². The van der Waals surface area contributed by atoms with Crippen LogP contribution in [-0.4, -0.2) is 30.9 Å². The molecule has 0 saturated heterocycles. The third kappa shape index (κ3) is 4.60. The molecule has 0 amide bonds. The lowest BCUT2D eigenvalue weighted by atomic mass is 10.0. The summed E-state index contributed by atoms with van der Waals surface area (Å²) in [7, 11) is 1.75. The summed E-state index contributed by atoms with van der Waals surface area (Å²) < 4.78 is 5.27. The zero-order valence-corrected chi connectivity index (χ0v) is 11.9. The van der Waals surface area contributed by atoms with Gasteiger partial charge in [-0.2, -0.15) is 0 Å². The number of hydrogen-bond donors (Lipinski definition) is 2. The molecule has 2 N–H and O–H groups in total. The fourth-order valence-corrected chi connectivity index (χ4v) is 2.58. The molecule has 3 heteroatoms. The van der Waals surface area contributed by atoms with Crippen molar-refractivity contribution in [2.24, 2.45) is 5.92 Å². The lowest BCUT2D eigenvalue weighted by Gasteiger charge is -2.24. The maximum atomic E-state index is 10.2. The first-order valence-electron chi connectivity index (χ1n) is 7.18. The van der Waals surface area contributed by atoms with Crippen LogP contribution in [0.3, 0.4) is 0 Å². The Bertz CT molecular complexity index is 364. The van der Waals surface area contributed by atoms with E-state index >= 15 is 0 Å². The van der Waals surface area contributed by atoms with Gasteiger partial charge in [0.25, 0.3) is 0 Å². The lowest BCUT2D eigenvalue weighted by Crippen LogP contribution is -2.41. The van der Waals surface area contributed by atoms with Gasteiger partial charge in [-0.1, -0.05) is 30.3 Å². The Balaban J connectivity index is 1.81. The van der Waals surface area contributed by atoms with Crippen LogP contribution in [0.1, 0.15) is 37.9 Å². The van der Waals surface area contributed by atoms with Crippen molar-refractivity contribution in [3.63, 3.8) is 0 Å². The highest BCUT2D eigenvalue weighted by Crippen LogP contribution is 2.33. The van der Waals surface area contributed by atoms with Gasteiger partial charge in [0.1, 0.15) is 0 Å². The molecular weight excluding hydrogens is 238 g/mol. The summed E-state index contributed by atoms with van der Waals surface area (Å²) in [5, 5.41) is 13.8. The number of hydrogen-bond acceptors (Lipinski definition) is 3. The van der Waals surface area contributed by atoms with Gasteiger partial charge in [-0.05, 0) is 37.7 Å². The molecule has 1 aromatic rings. The van der Waals surface area contributed by atoms with Crippen LogP contribution in [0, 0.1) is 5.92 Å². The van der Waals surface area contributed by atoms with Gasteiger partial charge in [0.05, 0.1) is 12.7 Å². The van der Waals surface area contributed by atoms with E-state index in [-0.39, 0.29) is 6.04 Å². The Morgan fingerprint density at radius 3 is 2.58 bits per heavy atom. The standard InChI is InChI=1S/C16H25NO2/c1-12(17-15(11-19-2)13-8-9-13)10-16(18)14-6-4-3-5-7-14/h3-7,12-13,15-18H,8-11H2,1-2H3. The minimum Gasteiger partial charge on any atom is -0.388 e. The molecule has 2 rings (SSSR count). The zero-order chi connectivity index (χ0) is 13.7. The van der Waals surface area contributed by atoms with Gasteiger partial charge in [0.2, 0.25) is 0 Å². The van der Waals surface area contributed by atoms with Gasteiger partial charge < -0.3 is 15.2 Å². The molecule has 0 bridgehead atoms. The topological polar surface area (TPSA) is 41.5 Å². The first-order chi connectivity index (χ1) is 9.20. The molecule has 0 heterocycles. The molecule has 0 aliphatic heterocycles. The van der Waals surface area contributed by atoms with E-state index in [1.54, 1.807) is 7.11 Å². The van der Waals surface area contributed by atoms with Crippen molar-refractivity contribution < 1.29 is 9.84 Å². The molecule has 1 aromatic carbocycles. The molecule has 3 nitrogen and oxygen atoms in total. The molecule has 106 valence electrons. The normalized spacial score (nSPS) is 19.9. The predicted molar refractivity (Wildman–Crippen MR) is 77.0 cm³/mol. The molecular formula is C16H25NO2. The second kappa shape index (κ2) is 7.04. The Morgan fingerprint density at radius 1 is 1.32 bits per heavy atom. The van der Waals surface area contributed by atoms with E-state index < -0.39 is 6.10 Å². The van der Waals surface area contributed by atoms with Crippen molar-refractivity contribution in [1.29, 1.82) is 0 Å². The molecule has 0 spiro atoms. The van der Waals surface area contributed by atoms with E-state index in [2.05, 4.69) is 12.2 Å². The summed E-state index contributed by atoms with van der Waals surface area (Å²) in [4.78, 5) is 0. The zero-order valence-electron chi connectivity index (χ0n) is 11.9. The molecule has 1 saturated carbocycles. The fraction of sp³-hybridized carbons (Fsp3) is 0.625. The van der Waals surface area contributed by atoms with Crippen LogP contribution in [0.5, 0.6) is 0 Å². The minimum atomic E-state index is -0.397. The molecule has 0 aromatic heterocycles. The predicted octanol–water partition coefficient (Wildman–Crippen LogP) is 2.51. The Kier molecular flexibility index (Phi) is 5.37. The van der Waals surface area contributed by atoms with Gasteiger partial charge in [0.15, 0.2) is 0 Å². The summed E-state index contributed by atoms with van der Waals surface area (Å²) in [6.45, 7) is 2.90. The SMILES string of the molecule is COCC(NC(C)CC(O)c1ccccc1)C1CC1. The van der Waals surface area contributed by atoms with Gasteiger partial charge >= 0.3 is 0 Å². The lowest BCUT2D eigenvalue weighted by molar-refractivity contribution is 0.128. The molecule has 19 heavy (non-hydrogen) atoms. The highest BCUT2D eigenvalue weighted by Gasteiger charge is 2.32. The average Bonchev–Trinajstić information content (AvgIpc) is 3.23. The Hall–Kier alpha value is -0.900. The van der Waals surface area contributed by atoms with E-state index in [1.165, 1.54) is 12.8 Å². The first-order valence-corrected chi connectivity index (χ1v) is 7.18. The van der Waals surface area contributed by atoms with Crippen LogP contribution < -0.4 is 5.32 Å². The summed E-state index contributed by atoms with van der Waals surface area (Å²) in [6, 6.07) is 10.6. The summed E-state index contributed by atoms with van der Waals surface area (Å²) in [5.74, 6) is 0.760. The number of methoxy groups -OCH3 is 1. The number of nitrogens with one attached hydrogen (secondary N) is 1. The number of ether oxygens (including phenoxy) is 1. The minimum absolute atomic E-state index is 0.288. The van der Waals surface area contributed by atoms with Gasteiger partial charge in [-0.15, -0.1) is 0 Å². The Labute approximate surface area is 116 Å². The van der Waals surface area contributed by atoms with Gasteiger partial charge in [-0.25, -0.2) is 0 Å². The van der Waals surface area contributed by atoms with E-state index in [0.717, 1.165) is 24.5 Å².